The first-order valence-corrected chi connectivity index (χ1v) is 13.2. The molecule has 2 N–H and O–H groups in total. The van der Waals surface area contributed by atoms with Crippen molar-refractivity contribution in [3.05, 3.63) is 107 Å². The Hall–Kier alpha value is -4.52. The lowest BCUT2D eigenvalue weighted by Crippen LogP contribution is -2.53. The summed E-state index contributed by atoms with van der Waals surface area (Å²) in [5.41, 5.74) is 4.79. The molecule has 2 aromatic heterocycles. The van der Waals surface area contributed by atoms with Gasteiger partial charge in [0.05, 0.1) is 0 Å². The van der Waals surface area contributed by atoms with E-state index in [0.29, 0.717) is 6.54 Å². The van der Waals surface area contributed by atoms with Crippen molar-refractivity contribution in [3.8, 4) is 0 Å². The Morgan fingerprint density at radius 1 is 0.974 bits per heavy atom. The number of nitrogens with zero attached hydrogens (tertiary/aromatic N) is 2. The largest absolute Gasteiger partial charge is 0.480 e. The molecule has 0 bridgehead atoms. The zero-order chi connectivity index (χ0) is 27.3. The number of carboxylic acids is 1. The van der Waals surface area contributed by atoms with Gasteiger partial charge in [0, 0.05) is 40.8 Å². The van der Waals surface area contributed by atoms with E-state index in [1.54, 1.807) is 20.8 Å². The summed E-state index contributed by atoms with van der Waals surface area (Å²) in [4.78, 5) is 31.6. The Bertz CT molecular complexity index is 1690. The number of rotatable bonds is 4. The fraction of sp³-hybridized carbons (Fsp3) is 0.250. The van der Waals surface area contributed by atoms with Crippen molar-refractivity contribution in [3.63, 3.8) is 0 Å². The van der Waals surface area contributed by atoms with E-state index in [-0.39, 0.29) is 6.42 Å². The maximum absolute atomic E-state index is 13.8. The zero-order valence-corrected chi connectivity index (χ0v) is 22.2. The minimum Gasteiger partial charge on any atom is -0.480 e. The summed E-state index contributed by atoms with van der Waals surface area (Å²) in [5, 5.41) is 12.4. The summed E-state index contributed by atoms with van der Waals surface area (Å²) in [5.74, 6) is -1.06. The molecule has 7 heteroatoms. The molecule has 0 radical (unpaired) electrons. The average Bonchev–Trinajstić information content (AvgIpc) is 3.45. The summed E-state index contributed by atoms with van der Waals surface area (Å²) in [6.45, 7) is 5.94. The maximum atomic E-state index is 13.8. The third-order valence-electron chi connectivity index (χ3n) is 7.33. The lowest BCUT2D eigenvalue weighted by atomic mass is 9.90. The number of carboxylic acid groups (broad SMARTS) is 1. The van der Waals surface area contributed by atoms with Crippen LogP contribution in [0.5, 0.6) is 0 Å². The summed E-state index contributed by atoms with van der Waals surface area (Å²) >= 11 is 0. The second-order valence-corrected chi connectivity index (χ2v) is 11.1. The standard InChI is InChI=1S/C32H31N3O4/c1-32(2,3)39-31(38)35-27(30(36)37)18-23-22-14-8-9-15-24(22)33-28(23)29(35)26-17-21-13-7-10-16-25(21)34(26)19-20-11-5-4-6-12-20/h4-17,27,29,33H,18-19H2,1-3H3,(H,36,37)/t27-,29?/m1/s1. The first kappa shape index (κ1) is 24.8. The van der Waals surface area contributed by atoms with Crippen LogP contribution in [0.3, 0.4) is 0 Å². The van der Waals surface area contributed by atoms with Gasteiger partial charge in [0.1, 0.15) is 17.7 Å². The maximum Gasteiger partial charge on any atom is 0.411 e. The molecule has 2 atom stereocenters. The third kappa shape index (κ3) is 4.44. The van der Waals surface area contributed by atoms with Crippen molar-refractivity contribution >= 4 is 33.9 Å². The van der Waals surface area contributed by atoms with Crippen LogP contribution in [0.2, 0.25) is 0 Å². The van der Waals surface area contributed by atoms with Gasteiger partial charge in [-0.05, 0) is 55.5 Å². The molecule has 1 aliphatic heterocycles. The van der Waals surface area contributed by atoms with Gasteiger partial charge >= 0.3 is 12.1 Å². The van der Waals surface area contributed by atoms with E-state index in [2.05, 4.69) is 33.8 Å². The molecule has 0 saturated heterocycles. The molecule has 5 aromatic rings. The van der Waals surface area contributed by atoms with Crippen LogP contribution in [-0.2, 0) is 22.5 Å². The van der Waals surface area contributed by atoms with Crippen molar-refractivity contribution in [1.82, 2.24) is 14.5 Å². The number of nitrogens with one attached hydrogen (secondary N) is 1. The first-order chi connectivity index (χ1) is 18.7. The molecule has 6 rings (SSSR count). The Morgan fingerprint density at radius 3 is 2.41 bits per heavy atom. The lowest BCUT2D eigenvalue weighted by molar-refractivity contribution is -0.144. The quantitative estimate of drug-likeness (QED) is 0.282. The predicted octanol–water partition coefficient (Wildman–Crippen LogP) is 6.51. The molecule has 0 fully saturated rings. The number of para-hydroxylation sites is 2. The van der Waals surface area contributed by atoms with Crippen LogP contribution < -0.4 is 0 Å². The van der Waals surface area contributed by atoms with Gasteiger partial charge in [-0.15, -0.1) is 0 Å². The van der Waals surface area contributed by atoms with Crippen molar-refractivity contribution in [1.29, 1.82) is 0 Å². The van der Waals surface area contributed by atoms with Gasteiger partial charge in [-0.3, -0.25) is 4.90 Å². The molecule has 7 nitrogen and oxygen atoms in total. The normalized spacial score (nSPS) is 17.4. The van der Waals surface area contributed by atoms with Crippen molar-refractivity contribution in [2.45, 2.75) is 51.4 Å². The zero-order valence-electron chi connectivity index (χ0n) is 22.2. The van der Waals surface area contributed by atoms with E-state index < -0.39 is 29.7 Å². The number of carbonyl (C=O) groups is 2. The number of carbonyl (C=O) groups excluding carboxylic acids is 1. The van der Waals surface area contributed by atoms with E-state index in [9.17, 15) is 14.7 Å². The second-order valence-electron chi connectivity index (χ2n) is 11.1. The summed E-state index contributed by atoms with van der Waals surface area (Å²) in [6.07, 6.45) is -0.468. The second kappa shape index (κ2) is 9.34. The number of benzene rings is 3. The molecule has 1 unspecified atom stereocenters. The summed E-state index contributed by atoms with van der Waals surface area (Å²) in [7, 11) is 0. The highest BCUT2D eigenvalue weighted by Gasteiger charge is 2.46. The van der Waals surface area contributed by atoms with Gasteiger partial charge in [0.15, 0.2) is 0 Å². The average molecular weight is 522 g/mol. The van der Waals surface area contributed by atoms with Crippen LogP contribution in [-0.4, -0.2) is 43.3 Å². The van der Waals surface area contributed by atoms with Gasteiger partial charge in [0.25, 0.3) is 0 Å². The number of aromatic nitrogens is 2. The van der Waals surface area contributed by atoms with E-state index in [0.717, 1.165) is 44.3 Å². The van der Waals surface area contributed by atoms with E-state index in [1.165, 1.54) is 4.90 Å². The number of hydrogen-bond donors (Lipinski definition) is 2. The van der Waals surface area contributed by atoms with E-state index in [4.69, 9.17) is 4.74 Å². The molecule has 0 aliphatic carbocycles. The number of aliphatic carboxylic acids is 1. The fourth-order valence-electron chi connectivity index (χ4n) is 5.73. The first-order valence-electron chi connectivity index (χ1n) is 13.2. The highest BCUT2D eigenvalue weighted by Crippen LogP contribution is 2.43. The number of H-pyrrole nitrogens is 1. The van der Waals surface area contributed by atoms with Crippen LogP contribution in [0.1, 0.15) is 49.3 Å². The SMILES string of the molecule is CC(C)(C)OC(=O)N1C(c2cc3ccccc3n2Cc2ccccc2)c2[nH]c3ccccc3c2C[C@@H]1C(=O)O. The number of amides is 1. The number of hydrogen-bond acceptors (Lipinski definition) is 3. The molecular formula is C32H31N3O4. The van der Waals surface area contributed by atoms with E-state index in [1.807, 2.05) is 60.7 Å². The molecular weight excluding hydrogens is 490 g/mol. The molecule has 1 aliphatic rings. The van der Waals surface area contributed by atoms with Gasteiger partial charge < -0.3 is 19.4 Å². The van der Waals surface area contributed by atoms with Crippen molar-refractivity contribution in [2.24, 2.45) is 0 Å². The number of ether oxygens (including phenoxy) is 1. The van der Waals surface area contributed by atoms with Crippen molar-refractivity contribution in [2.75, 3.05) is 0 Å². The number of aromatic amines is 1. The summed E-state index contributed by atoms with van der Waals surface area (Å²) in [6, 6.07) is 26.4. The topological polar surface area (TPSA) is 87.6 Å². The molecule has 1 amide bonds. The Balaban J connectivity index is 1.63. The van der Waals surface area contributed by atoms with Crippen LogP contribution in [0.15, 0.2) is 84.9 Å². The molecule has 3 aromatic carbocycles. The van der Waals surface area contributed by atoms with Crippen LogP contribution in [0.25, 0.3) is 21.8 Å². The van der Waals surface area contributed by atoms with E-state index >= 15 is 0 Å². The molecule has 39 heavy (non-hydrogen) atoms. The minimum absolute atomic E-state index is 0.184. The van der Waals surface area contributed by atoms with Gasteiger partial charge in [0.2, 0.25) is 0 Å². The van der Waals surface area contributed by atoms with Crippen LogP contribution in [0.4, 0.5) is 4.79 Å². The predicted molar refractivity (Wildman–Crippen MR) is 151 cm³/mol. The highest BCUT2D eigenvalue weighted by atomic mass is 16.6. The monoisotopic (exact) mass is 521 g/mol. The summed E-state index contributed by atoms with van der Waals surface area (Å²) < 4.78 is 8.02. The third-order valence-corrected chi connectivity index (χ3v) is 7.33. The van der Waals surface area contributed by atoms with Gasteiger partial charge in [-0.1, -0.05) is 66.7 Å². The lowest BCUT2D eigenvalue weighted by Gasteiger charge is -2.41. The van der Waals surface area contributed by atoms with Crippen molar-refractivity contribution < 1.29 is 19.4 Å². The number of fused-ring (bicyclic) bond motifs is 4. The smallest absolute Gasteiger partial charge is 0.411 e. The van der Waals surface area contributed by atoms with Gasteiger partial charge in [-0.2, -0.15) is 0 Å². The molecule has 198 valence electrons. The van der Waals surface area contributed by atoms with Gasteiger partial charge in [-0.25, -0.2) is 9.59 Å². The Labute approximate surface area is 226 Å². The minimum atomic E-state index is -1.10. The van der Waals surface area contributed by atoms with Crippen LogP contribution in [0, 0.1) is 0 Å². The Morgan fingerprint density at radius 2 is 1.67 bits per heavy atom. The van der Waals surface area contributed by atoms with Crippen LogP contribution >= 0.6 is 0 Å². The fourth-order valence-corrected chi connectivity index (χ4v) is 5.73. The Kier molecular flexibility index (Phi) is 5.94. The molecule has 3 heterocycles. The molecule has 0 spiro atoms. The highest BCUT2D eigenvalue weighted by molar-refractivity contribution is 5.90. The molecule has 0 saturated carbocycles.